The Morgan fingerprint density at radius 2 is 2.07 bits per heavy atom. The predicted octanol–water partition coefficient (Wildman–Crippen LogP) is 2.21. The Hall–Kier alpha value is -2.55. The summed E-state index contributed by atoms with van der Waals surface area (Å²) in [6.07, 6.45) is 2.64. The zero-order valence-corrected chi connectivity index (χ0v) is 17.9. The van der Waals surface area contributed by atoms with E-state index in [0.717, 1.165) is 54.4 Å². The number of rotatable bonds is 3. The second-order valence-electron chi connectivity index (χ2n) is 7.65. The van der Waals surface area contributed by atoms with E-state index in [0.29, 0.717) is 24.5 Å². The van der Waals surface area contributed by atoms with Gasteiger partial charge in [0, 0.05) is 45.1 Å². The average molecular weight is 415 g/mol. The van der Waals surface area contributed by atoms with Gasteiger partial charge in [0.2, 0.25) is 5.91 Å². The van der Waals surface area contributed by atoms with Crippen molar-refractivity contribution in [3.05, 3.63) is 33.2 Å². The molecule has 2 amide bonds. The lowest BCUT2D eigenvalue weighted by Gasteiger charge is -2.33. The van der Waals surface area contributed by atoms with Crippen LogP contribution >= 0.6 is 11.3 Å². The zero-order chi connectivity index (χ0) is 20.5. The number of hydrogen-bond donors (Lipinski definition) is 1. The molecule has 154 valence electrons. The van der Waals surface area contributed by atoms with Gasteiger partial charge in [0.05, 0.1) is 23.4 Å². The third kappa shape index (κ3) is 3.83. The van der Waals surface area contributed by atoms with Gasteiger partial charge in [-0.15, -0.1) is 11.3 Å². The molecule has 1 N–H and O–H groups in total. The summed E-state index contributed by atoms with van der Waals surface area (Å²) >= 11 is 1.38. The first-order valence-corrected chi connectivity index (χ1v) is 10.9. The zero-order valence-electron chi connectivity index (χ0n) is 17.1. The number of aromatic nitrogens is 3. The molecule has 0 saturated carbocycles. The standard InChI is InChI=1S/C20H26N6O2S/c1-12-17(29-11-22-12)20(28)26-8-6-15-16(10-26)23-18(24-19(15)21-3)14-5-4-7-25(9-14)13(2)27/h11,14H,4-10H2,1-3H3,(H,21,23,24)/t14-/m0/s1. The fraction of sp³-hybridized carbons (Fsp3) is 0.550. The highest BCUT2D eigenvalue weighted by Crippen LogP contribution is 2.30. The van der Waals surface area contributed by atoms with Crippen LogP contribution < -0.4 is 5.32 Å². The molecule has 0 spiro atoms. The number of nitrogens with zero attached hydrogens (tertiary/aromatic N) is 5. The van der Waals surface area contributed by atoms with Crippen molar-refractivity contribution in [3.63, 3.8) is 0 Å². The van der Waals surface area contributed by atoms with Crippen molar-refractivity contribution in [1.29, 1.82) is 0 Å². The summed E-state index contributed by atoms with van der Waals surface area (Å²) in [5, 5.41) is 3.21. The highest BCUT2D eigenvalue weighted by atomic mass is 32.1. The van der Waals surface area contributed by atoms with E-state index in [4.69, 9.17) is 9.97 Å². The first-order chi connectivity index (χ1) is 14.0. The Morgan fingerprint density at radius 3 is 2.76 bits per heavy atom. The van der Waals surface area contributed by atoms with Gasteiger partial charge in [-0.3, -0.25) is 9.59 Å². The van der Waals surface area contributed by atoms with E-state index < -0.39 is 0 Å². The number of aryl methyl sites for hydroxylation is 1. The van der Waals surface area contributed by atoms with E-state index >= 15 is 0 Å². The number of anilines is 1. The lowest BCUT2D eigenvalue weighted by atomic mass is 9.96. The largest absolute Gasteiger partial charge is 0.373 e. The van der Waals surface area contributed by atoms with Crippen LogP contribution in [0.2, 0.25) is 0 Å². The number of carbonyl (C=O) groups excluding carboxylic acids is 2. The van der Waals surface area contributed by atoms with Crippen LogP contribution in [0.1, 0.15) is 58.1 Å². The van der Waals surface area contributed by atoms with Crippen LogP contribution in [-0.4, -0.2) is 63.2 Å². The molecule has 2 aromatic rings. The number of hydrogen-bond acceptors (Lipinski definition) is 7. The molecule has 0 radical (unpaired) electrons. The first-order valence-electron chi connectivity index (χ1n) is 10.00. The number of fused-ring (bicyclic) bond motifs is 1. The van der Waals surface area contributed by atoms with Gasteiger partial charge in [-0.2, -0.15) is 0 Å². The summed E-state index contributed by atoms with van der Waals surface area (Å²) in [7, 11) is 1.87. The summed E-state index contributed by atoms with van der Waals surface area (Å²) in [6, 6.07) is 0. The molecule has 0 aromatic carbocycles. The van der Waals surface area contributed by atoms with Crippen LogP contribution in [0.25, 0.3) is 0 Å². The van der Waals surface area contributed by atoms with Gasteiger partial charge in [-0.1, -0.05) is 0 Å². The Bertz CT molecular complexity index is 943. The molecule has 2 aromatic heterocycles. The molecule has 1 atom stereocenters. The molecule has 0 unspecified atom stereocenters. The number of likely N-dealkylation sites (tertiary alicyclic amines) is 1. The predicted molar refractivity (Wildman–Crippen MR) is 111 cm³/mol. The molecular weight excluding hydrogens is 388 g/mol. The molecule has 4 heterocycles. The summed E-state index contributed by atoms with van der Waals surface area (Å²) in [5.74, 6) is 1.84. The first kappa shape index (κ1) is 19.8. The smallest absolute Gasteiger partial charge is 0.266 e. The molecule has 9 heteroatoms. The summed E-state index contributed by atoms with van der Waals surface area (Å²) < 4.78 is 0. The van der Waals surface area contributed by atoms with E-state index in [9.17, 15) is 9.59 Å². The van der Waals surface area contributed by atoms with Crippen LogP contribution in [0.5, 0.6) is 0 Å². The lowest BCUT2D eigenvalue weighted by Crippen LogP contribution is -2.39. The van der Waals surface area contributed by atoms with Crippen molar-refractivity contribution in [2.24, 2.45) is 0 Å². The van der Waals surface area contributed by atoms with Gasteiger partial charge >= 0.3 is 0 Å². The Kier molecular flexibility index (Phi) is 5.49. The van der Waals surface area contributed by atoms with E-state index in [-0.39, 0.29) is 17.7 Å². The lowest BCUT2D eigenvalue weighted by molar-refractivity contribution is -0.130. The van der Waals surface area contributed by atoms with Gasteiger partial charge in [-0.05, 0) is 26.2 Å². The Labute approximate surface area is 174 Å². The van der Waals surface area contributed by atoms with Gasteiger partial charge in [-0.25, -0.2) is 15.0 Å². The van der Waals surface area contributed by atoms with E-state index in [1.807, 2.05) is 23.8 Å². The second-order valence-corrected chi connectivity index (χ2v) is 8.51. The highest BCUT2D eigenvalue weighted by Gasteiger charge is 2.30. The maximum Gasteiger partial charge on any atom is 0.266 e. The highest BCUT2D eigenvalue weighted by molar-refractivity contribution is 7.11. The number of carbonyl (C=O) groups is 2. The van der Waals surface area contributed by atoms with Crippen molar-refractivity contribution < 1.29 is 9.59 Å². The van der Waals surface area contributed by atoms with Gasteiger partial charge in [0.25, 0.3) is 5.91 Å². The summed E-state index contributed by atoms with van der Waals surface area (Å²) in [5.41, 5.74) is 4.47. The third-order valence-corrected chi connectivity index (χ3v) is 6.69. The van der Waals surface area contributed by atoms with Gasteiger partial charge in [0.15, 0.2) is 0 Å². The topological polar surface area (TPSA) is 91.3 Å². The molecule has 8 nitrogen and oxygen atoms in total. The third-order valence-electron chi connectivity index (χ3n) is 5.78. The minimum atomic E-state index is 0.0160. The summed E-state index contributed by atoms with van der Waals surface area (Å²) in [4.78, 5) is 43.0. The van der Waals surface area contributed by atoms with Crippen LogP contribution in [0.4, 0.5) is 5.82 Å². The van der Waals surface area contributed by atoms with Crippen molar-refractivity contribution in [3.8, 4) is 0 Å². The molecule has 2 aliphatic rings. The molecule has 0 aliphatic carbocycles. The van der Waals surface area contributed by atoms with Crippen molar-refractivity contribution in [2.45, 2.75) is 45.6 Å². The minimum absolute atomic E-state index is 0.0160. The second kappa shape index (κ2) is 8.06. The van der Waals surface area contributed by atoms with E-state index in [1.165, 1.54) is 11.3 Å². The number of nitrogens with one attached hydrogen (secondary N) is 1. The fourth-order valence-corrected chi connectivity index (χ4v) is 4.91. The quantitative estimate of drug-likeness (QED) is 0.828. The monoisotopic (exact) mass is 414 g/mol. The van der Waals surface area contributed by atoms with Crippen molar-refractivity contribution in [2.75, 3.05) is 32.0 Å². The van der Waals surface area contributed by atoms with Crippen LogP contribution in [0.3, 0.4) is 0 Å². The molecular formula is C20H26N6O2S. The molecule has 1 fully saturated rings. The number of thiazole rings is 1. The Morgan fingerprint density at radius 1 is 1.24 bits per heavy atom. The summed E-state index contributed by atoms with van der Waals surface area (Å²) in [6.45, 7) is 6.04. The molecule has 0 bridgehead atoms. The molecule has 4 rings (SSSR count). The van der Waals surface area contributed by atoms with Crippen LogP contribution in [0, 0.1) is 6.92 Å². The number of amides is 2. The van der Waals surface area contributed by atoms with E-state index in [1.54, 1.807) is 12.4 Å². The van der Waals surface area contributed by atoms with Crippen LogP contribution in [-0.2, 0) is 17.8 Å². The minimum Gasteiger partial charge on any atom is -0.373 e. The number of piperidine rings is 1. The molecule has 1 saturated heterocycles. The van der Waals surface area contributed by atoms with Crippen molar-refractivity contribution >= 4 is 29.0 Å². The maximum atomic E-state index is 12.9. The SMILES string of the molecule is CNc1nc([C@H]2CCCN(C(C)=O)C2)nc2c1CCN(C(=O)c1scnc1C)C2. The Balaban J connectivity index is 1.61. The van der Waals surface area contributed by atoms with Gasteiger partial charge in [0.1, 0.15) is 16.5 Å². The molecule has 29 heavy (non-hydrogen) atoms. The average Bonchev–Trinajstić information content (AvgIpc) is 3.17. The molecule has 2 aliphatic heterocycles. The van der Waals surface area contributed by atoms with Crippen molar-refractivity contribution in [1.82, 2.24) is 24.8 Å². The normalized spacial score (nSPS) is 19.1. The maximum absolute atomic E-state index is 12.9. The fourth-order valence-electron chi connectivity index (χ4n) is 4.14. The van der Waals surface area contributed by atoms with E-state index in [2.05, 4.69) is 10.3 Å². The van der Waals surface area contributed by atoms with Crippen LogP contribution in [0.15, 0.2) is 5.51 Å². The van der Waals surface area contributed by atoms with Gasteiger partial charge < -0.3 is 15.1 Å².